The molecule has 0 aliphatic carbocycles. The number of halogens is 2. The monoisotopic (exact) mass is 384 g/mol. The van der Waals surface area contributed by atoms with Crippen LogP contribution >= 0.6 is 23.8 Å². The number of nitrogens with one attached hydrogen (secondary N) is 2. The van der Waals surface area contributed by atoms with E-state index >= 15 is 0 Å². The largest absolute Gasteiger partial charge is 0.332 e. The fourth-order valence-corrected chi connectivity index (χ4v) is 2.75. The van der Waals surface area contributed by atoms with Gasteiger partial charge in [-0.25, -0.2) is 4.39 Å². The number of hydrogen-bond acceptors (Lipinski definition) is 2. The first-order valence-corrected chi connectivity index (χ1v) is 8.54. The minimum Gasteiger partial charge on any atom is -0.332 e. The minimum atomic E-state index is -0.523. The Balaban J connectivity index is 1.64. The number of carbonyl (C=O) groups is 1. The summed E-state index contributed by atoms with van der Waals surface area (Å²) in [5.74, 6) is -0.860. The van der Waals surface area contributed by atoms with Crippen molar-refractivity contribution in [3.05, 3.63) is 89.2 Å². The highest BCUT2D eigenvalue weighted by Gasteiger charge is 2.09. The molecule has 1 amide bonds. The minimum absolute atomic E-state index is 0.0272. The third kappa shape index (κ3) is 4.45. The smallest absolute Gasteiger partial charge is 0.257 e. The Morgan fingerprint density at radius 3 is 2.23 bits per heavy atom. The van der Waals surface area contributed by atoms with Crippen LogP contribution in [0.3, 0.4) is 0 Å². The Labute approximate surface area is 160 Å². The van der Waals surface area contributed by atoms with Gasteiger partial charge in [0.2, 0.25) is 0 Å². The molecule has 6 heteroatoms. The molecule has 0 saturated heterocycles. The van der Waals surface area contributed by atoms with Crippen molar-refractivity contribution in [2.75, 3.05) is 5.32 Å². The van der Waals surface area contributed by atoms with Crippen LogP contribution in [0, 0.1) is 5.82 Å². The summed E-state index contributed by atoms with van der Waals surface area (Å²) in [7, 11) is 0. The van der Waals surface area contributed by atoms with Crippen LogP contribution in [0.25, 0.3) is 11.1 Å². The first kappa shape index (κ1) is 18.0. The Hall–Kier alpha value is -2.76. The first-order chi connectivity index (χ1) is 12.5. The fraction of sp³-hybridized carbons (Fsp3) is 0. The summed E-state index contributed by atoms with van der Waals surface area (Å²) in [6, 6.07) is 21.2. The standard InChI is InChI=1S/C20H14ClFN2OS/c21-17-12-16(10-11-18(17)22)23-20(26)24-19(25)15-8-6-14(7-9-15)13-4-2-1-3-5-13/h1-12H,(H2,23,24,25,26). The average molecular weight is 385 g/mol. The average Bonchev–Trinajstić information content (AvgIpc) is 2.65. The van der Waals surface area contributed by atoms with Gasteiger partial charge in [-0.2, -0.15) is 0 Å². The van der Waals surface area contributed by atoms with Crippen LogP contribution in [0.2, 0.25) is 5.02 Å². The van der Waals surface area contributed by atoms with Gasteiger partial charge in [0.25, 0.3) is 5.91 Å². The van der Waals surface area contributed by atoms with Gasteiger partial charge in [-0.3, -0.25) is 10.1 Å². The van der Waals surface area contributed by atoms with Crippen molar-refractivity contribution in [1.82, 2.24) is 5.32 Å². The van der Waals surface area contributed by atoms with Gasteiger partial charge in [0.15, 0.2) is 5.11 Å². The summed E-state index contributed by atoms with van der Waals surface area (Å²) < 4.78 is 13.2. The van der Waals surface area contributed by atoms with E-state index in [9.17, 15) is 9.18 Å². The topological polar surface area (TPSA) is 41.1 Å². The molecule has 3 nitrogen and oxygen atoms in total. The highest BCUT2D eigenvalue weighted by molar-refractivity contribution is 7.80. The maximum Gasteiger partial charge on any atom is 0.257 e. The molecule has 0 radical (unpaired) electrons. The van der Waals surface area contributed by atoms with Gasteiger partial charge in [0.05, 0.1) is 5.02 Å². The second-order valence-corrected chi connectivity index (χ2v) is 6.30. The molecule has 3 rings (SSSR count). The summed E-state index contributed by atoms with van der Waals surface area (Å²) in [6.45, 7) is 0. The number of carbonyl (C=O) groups excluding carboxylic acids is 1. The van der Waals surface area contributed by atoms with E-state index in [1.54, 1.807) is 12.1 Å². The Morgan fingerprint density at radius 1 is 0.923 bits per heavy atom. The highest BCUT2D eigenvalue weighted by atomic mass is 35.5. The van der Waals surface area contributed by atoms with Crippen LogP contribution in [-0.4, -0.2) is 11.0 Å². The second-order valence-electron chi connectivity index (χ2n) is 5.48. The summed E-state index contributed by atoms with van der Waals surface area (Å²) in [5, 5.41) is 5.45. The molecular weight excluding hydrogens is 371 g/mol. The summed E-state index contributed by atoms with van der Waals surface area (Å²) in [5.41, 5.74) is 3.06. The third-order valence-electron chi connectivity index (χ3n) is 3.66. The van der Waals surface area contributed by atoms with Gasteiger partial charge in [-0.05, 0) is 53.7 Å². The summed E-state index contributed by atoms with van der Waals surface area (Å²) in [4.78, 5) is 12.3. The van der Waals surface area contributed by atoms with Crippen LogP contribution in [0.1, 0.15) is 10.4 Å². The van der Waals surface area contributed by atoms with E-state index in [1.165, 1.54) is 18.2 Å². The van der Waals surface area contributed by atoms with Gasteiger partial charge >= 0.3 is 0 Å². The molecule has 0 saturated carbocycles. The zero-order chi connectivity index (χ0) is 18.5. The molecule has 2 N–H and O–H groups in total. The Bertz CT molecular complexity index is 946. The first-order valence-electron chi connectivity index (χ1n) is 7.76. The Kier molecular flexibility index (Phi) is 5.61. The van der Waals surface area contributed by atoms with Crippen LogP contribution < -0.4 is 10.6 Å². The van der Waals surface area contributed by atoms with Crippen LogP contribution in [-0.2, 0) is 0 Å². The van der Waals surface area contributed by atoms with Crippen LogP contribution in [0.15, 0.2) is 72.8 Å². The zero-order valence-corrected chi connectivity index (χ0v) is 15.1. The lowest BCUT2D eigenvalue weighted by Gasteiger charge is -2.10. The lowest BCUT2D eigenvalue weighted by Crippen LogP contribution is -2.34. The highest BCUT2D eigenvalue weighted by Crippen LogP contribution is 2.20. The molecule has 0 bridgehead atoms. The van der Waals surface area contributed by atoms with Crippen molar-refractivity contribution in [3.8, 4) is 11.1 Å². The molecule has 0 fully saturated rings. The molecule has 26 heavy (non-hydrogen) atoms. The van der Waals surface area contributed by atoms with Crippen molar-refractivity contribution in [3.63, 3.8) is 0 Å². The molecule has 0 aliphatic rings. The lowest BCUT2D eigenvalue weighted by molar-refractivity contribution is 0.0978. The van der Waals surface area contributed by atoms with E-state index in [1.807, 2.05) is 42.5 Å². The maximum atomic E-state index is 13.2. The quantitative estimate of drug-likeness (QED) is 0.604. The van der Waals surface area contributed by atoms with Crippen molar-refractivity contribution < 1.29 is 9.18 Å². The molecule has 0 unspecified atom stereocenters. The molecule has 130 valence electrons. The van der Waals surface area contributed by atoms with E-state index in [4.69, 9.17) is 23.8 Å². The number of benzene rings is 3. The van der Waals surface area contributed by atoms with Crippen molar-refractivity contribution in [2.45, 2.75) is 0 Å². The maximum absolute atomic E-state index is 13.2. The predicted octanol–water partition coefficient (Wildman–Crippen LogP) is 5.27. The molecule has 0 heterocycles. The van der Waals surface area contributed by atoms with Crippen molar-refractivity contribution in [1.29, 1.82) is 0 Å². The van der Waals surface area contributed by atoms with Gasteiger partial charge < -0.3 is 5.32 Å². The van der Waals surface area contributed by atoms with E-state index in [0.717, 1.165) is 11.1 Å². The predicted molar refractivity (Wildman–Crippen MR) is 107 cm³/mol. The normalized spacial score (nSPS) is 10.2. The fourth-order valence-electron chi connectivity index (χ4n) is 2.36. The second kappa shape index (κ2) is 8.08. The molecule has 0 atom stereocenters. The van der Waals surface area contributed by atoms with Gasteiger partial charge in [0.1, 0.15) is 5.82 Å². The molecular formula is C20H14ClFN2OS. The van der Waals surface area contributed by atoms with Gasteiger partial charge in [0, 0.05) is 11.3 Å². The number of amides is 1. The van der Waals surface area contributed by atoms with Crippen molar-refractivity contribution in [2.24, 2.45) is 0 Å². The van der Waals surface area contributed by atoms with E-state index in [2.05, 4.69) is 10.6 Å². The number of rotatable bonds is 3. The van der Waals surface area contributed by atoms with Gasteiger partial charge in [-0.15, -0.1) is 0 Å². The number of anilines is 1. The van der Waals surface area contributed by atoms with Crippen LogP contribution in [0.5, 0.6) is 0 Å². The van der Waals surface area contributed by atoms with E-state index in [-0.39, 0.29) is 16.0 Å². The number of hydrogen-bond donors (Lipinski definition) is 2. The summed E-state index contributed by atoms with van der Waals surface area (Å²) >= 11 is 10.8. The van der Waals surface area contributed by atoms with E-state index < -0.39 is 5.82 Å². The SMILES string of the molecule is O=C(NC(=S)Nc1ccc(F)c(Cl)c1)c1ccc(-c2ccccc2)cc1. The molecule has 0 aromatic heterocycles. The van der Waals surface area contributed by atoms with Crippen molar-refractivity contribution >= 4 is 40.5 Å². The van der Waals surface area contributed by atoms with Gasteiger partial charge in [-0.1, -0.05) is 54.1 Å². The molecule has 0 aliphatic heterocycles. The lowest BCUT2D eigenvalue weighted by atomic mass is 10.0. The molecule has 3 aromatic carbocycles. The van der Waals surface area contributed by atoms with E-state index in [0.29, 0.717) is 11.3 Å². The van der Waals surface area contributed by atoms with Crippen LogP contribution in [0.4, 0.5) is 10.1 Å². The zero-order valence-electron chi connectivity index (χ0n) is 13.5. The summed E-state index contributed by atoms with van der Waals surface area (Å²) in [6.07, 6.45) is 0. The number of thiocarbonyl (C=S) groups is 1. The third-order valence-corrected chi connectivity index (χ3v) is 4.15. The molecule has 0 spiro atoms. The Morgan fingerprint density at radius 2 is 1.58 bits per heavy atom. The molecule has 3 aromatic rings.